The Morgan fingerprint density at radius 1 is 1.17 bits per heavy atom. The van der Waals surface area contributed by atoms with Gasteiger partial charge in [0.25, 0.3) is 0 Å². The molecule has 3 N–H and O–H groups in total. The lowest BCUT2D eigenvalue weighted by molar-refractivity contribution is -0.135. The third-order valence-electron chi connectivity index (χ3n) is 6.32. The Kier molecular flexibility index (Phi) is 6.69. The lowest BCUT2D eigenvalue weighted by atomic mass is 10.0. The zero-order valence-electron chi connectivity index (χ0n) is 19.2. The summed E-state index contributed by atoms with van der Waals surface area (Å²) in [5, 5.41) is 11.5. The highest BCUT2D eigenvalue weighted by atomic mass is 79.9. The highest BCUT2D eigenvalue weighted by Crippen LogP contribution is 2.40. The molecule has 1 aliphatic rings. The number of aromatic amines is 1. The van der Waals surface area contributed by atoms with Crippen LogP contribution < -0.4 is 5.32 Å². The number of carbonyl (C=O) groups excluding carboxylic acids is 1. The summed E-state index contributed by atoms with van der Waals surface area (Å²) in [5.41, 5.74) is 3.10. The molecular weight excluding hydrogens is 548 g/mol. The molecule has 5 rings (SSSR count). The predicted octanol–water partition coefficient (Wildman–Crippen LogP) is 6.74. The minimum atomic E-state index is -1.19. The maximum Gasteiger partial charge on any atom is 0.405 e. The van der Waals surface area contributed by atoms with Gasteiger partial charge in [0.05, 0.1) is 21.7 Å². The van der Waals surface area contributed by atoms with Crippen LogP contribution in [-0.2, 0) is 4.79 Å². The number of thiophene rings is 2. The minimum Gasteiger partial charge on any atom is -0.465 e. The summed E-state index contributed by atoms with van der Waals surface area (Å²) in [4.78, 5) is 35.4. The van der Waals surface area contributed by atoms with Crippen molar-refractivity contribution in [1.29, 1.82) is 0 Å². The normalized spacial score (nSPS) is 16.8. The first-order valence-corrected chi connectivity index (χ1v) is 13.9. The number of nitrogens with one attached hydrogen (secondary N) is 2. The molecule has 3 aromatic heterocycles. The molecule has 4 aromatic rings. The van der Waals surface area contributed by atoms with Crippen molar-refractivity contribution in [3.05, 3.63) is 52.2 Å². The molecule has 2 atom stereocenters. The van der Waals surface area contributed by atoms with Gasteiger partial charge in [-0.05, 0) is 57.9 Å². The SMILES string of the molecule is CC(C)[C@H](NC(=O)O)C(=O)N1CCCC1c1ncc(-c2ccc(-c3cc4sc(Br)cc4s3)cc2)[nH]1. The van der Waals surface area contributed by atoms with Crippen LogP contribution in [0.25, 0.3) is 31.1 Å². The van der Waals surface area contributed by atoms with Crippen LogP contribution in [0.5, 0.6) is 0 Å². The third-order valence-corrected chi connectivity index (χ3v) is 9.16. The van der Waals surface area contributed by atoms with Gasteiger partial charge in [-0.2, -0.15) is 0 Å². The third kappa shape index (κ3) is 4.87. The lowest BCUT2D eigenvalue weighted by Crippen LogP contribution is -2.50. The first kappa shape index (κ1) is 24.0. The molecule has 182 valence electrons. The summed E-state index contributed by atoms with van der Waals surface area (Å²) in [6.45, 7) is 4.28. The van der Waals surface area contributed by atoms with Gasteiger partial charge in [-0.25, -0.2) is 9.78 Å². The number of halogens is 1. The molecule has 0 spiro atoms. The van der Waals surface area contributed by atoms with Crippen LogP contribution in [0.2, 0.25) is 0 Å². The van der Waals surface area contributed by atoms with E-state index in [0.717, 1.165) is 33.7 Å². The molecule has 1 aromatic carbocycles. The molecule has 1 fully saturated rings. The topological polar surface area (TPSA) is 98.3 Å². The standard InChI is InChI=1S/C25H25BrN4O3S2/c1-13(2)22(29-25(32)33)24(31)30-9-3-4-17(30)23-27-12-16(28-23)14-5-7-15(8-6-14)18-10-19-20(34-18)11-21(26)35-19/h5-8,10-13,17,22,29H,3-4,9H2,1-2H3,(H,27,28)(H,32,33)/t17?,22-/m0/s1. The smallest absolute Gasteiger partial charge is 0.405 e. The summed E-state index contributed by atoms with van der Waals surface area (Å²) in [6.07, 6.45) is 2.26. The van der Waals surface area contributed by atoms with E-state index < -0.39 is 12.1 Å². The molecule has 0 aliphatic carbocycles. The number of rotatable bonds is 6. The second-order valence-corrected chi connectivity index (χ2v) is 12.6. The van der Waals surface area contributed by atoms with Crippen molar-refractivity contribution < 1.29 is 14.7 Å². The van der Waals surface area contributed by atoms with Crippen LogP contribution in [-0.4, -0.2) is 44.6 Å². The van der Waals surface area contributed by atoms with Gasteiger partial charge in [0, 0.05) is 20.8 Å². The zero-order valence-corrected chi connectivity index (χ0v) is 22.5. The summed E-state index contributed by atoms with van der Waals surface area (Å²) in [7, 11) is 0. The Hall–Kier alpha value is -2.69. The van der Waals surface area contributed by atoms with E-state index >= 15 is 0 Å². The highest BCUT2D eigenvalue weighted by molar-refractivity contribution is 9.11. The van der Waals surface area contributed by atoms with Crippen molar-refractivity contribution in [3.63, 3.8) is 0 Å². The molecule has 0 bridgehead atoms. The largest absolute Gasteiger partial charge is 0.465 e. The fourth-order valence-corrected chi connectivity index (χ4v) is 7.59. The van der Waals surface area contributed by atoms with E-state index in [1.165, 1.54) is 19.8 Å². The van der Waals surface area contributed by atoms with E-state index in [1.54, 1.807) is 33.8 Å². The zero-order chi connectivity index (χ0) is 24.7. The number of likely N-dealkylation sites (tertiary alicyclic amines) is 1. The number of carboxylic acid groups (broad SMARTS) is 1. The molecule has 4 heterocycles. The van der Waals surface area contributed by atoms with E-state index in [2.05, 4.69) is 67.6 Å². The van der Waals surface area contributed by atoms with E-state index in [0.29, 0.717) is 6.54 Å². The predicted molar refractivity (Wildman–Crippen MR) is 144 cm³/mol. The first-order chi connectivity index (χ1) is 16.8. The number of aromatic nitrogens is 2. The van der Waals surface area contributed by atoms with Crippen molar-refractivity contribution in [2.75, 3.05) is 6.54 Å². The maximum absolute atomic E-state index is 13.2. The number of fused-ring (bicyclic) bond motifs is 1. The van der Waals surface area contributed by atoms with Crippen LogP contribution in [0, 0.1) is 5.92 Å². The van der Waals surface area contributed by atoms with E-state index in [4.69, 9.17) is 5.11 Å². The van der Waals surface area contributed by atoms with Gasteiger partial charge in [-0.1, -0.05) is 38.1 Å². The number of H-pyrrole nitrogens is 1. The summed E-state index contributed by atoms with van der Waals surface area (Å²) >= 11 is 7.08. The van der Waals surface area contributed by atoms with Gasteiger partial charge in [0.2, 0.25) is 5.91 Å². The molecule has 1 saturated heterocycles. The molecule has 35 heavy (non-hydrogen) atoms. The molecule has 1 unspecified atom stereocenters. The Labute approximate surface area is 219 Å². The van der Waals surface area contributed by atoms with Crippen molar-refractivity contribution in [2.24, 2.45) is 5.92 Å². The molecule has 0 radical (unpaired) electrons. The maximum atomic E-state index is 13.2. The van der Waals surface area contributed by atoms with Crippen LogP contribution in [0.15, 0.2) is 46.4 Å². The van der Waals surface area contributed by atoms with Crippen molar-refractivity contribution in [1.82, 2.24) is 20.2 Å². The Morgan fingerprint density at radius 3 is 2.57 bits per heavy atom. The number of carbonyl (C=O) groups is 2. The van der Waals surface area contributed by atoms with E-state index in [9.17, 15) is 9.59 Å². The number of hydrogen-bond acceptors (Lipinski definition) is 5. The van der Waals surface area contributed by atoms with Crippen molar-refractivity contribution in [3.8, 4) is 21.7 Å². The molecule has 0 saturated carbocycles. The lowest BCUT2D eigenvalue weighted by Gasteiger charge is -2.29. The average Bonchev–Trinajstić information content (AvgIpc) is 3.59. The first-order valence-electron chi connectivity index (χ1n) is 11.4. The van der Waals surface area contributed by atoms with Crippen LogP contribution in [0.4, 0.5) is 4.79 Å². The van der Waals surface area contributed by atoms with Crippen molar-refractivity contribution in [2.45, 2.75) is 38.8 Å². The molecule has 1 aliphatic heterocycles. The monoisotopic (exact) mass is 572 g/mol. The Bertz CT molecular complexity index is 1340. The second-order valence-electron chi connectivity index (χ2n) is 9.01. The fraction of sp³-hybridized carbons (Fsp3) is 0.320. The Balaban J connectivity index is 1.33. The van der Waals surface area contributed by atoms with E-state index in [-0.39, 0.29) is 17.9 Å². The Morgan fingerprint density at radius 2 is 1.89 bits per heavy atom. The minimum absolute atomic E-state index is 0.147. The van der Waals surface area contributed by atoms with Gasteiger partial charge in [-0.3, -0.25) is 4.79 Å². The van der Waals surface area contributed by atoms with Crippen LogP contribution in [0.3, 0.4) is 0 Å². The fourth-order valence-electron chi connectivity index (χ4n) is 4.56. The summed E-state index contributed by atoms with van der Waals surface area (Å²) in [6, 6.07) is 11.8. The quantitative estimate of drug-likeness (QED) is 0.238. The van der Waals surface area contributed by atoms with Gasteiger partial charge in [0.1, 0.15) is 11.9 Å². The average molecular weight is 574 g/mol. The number of benzene rings is 1. The van der Waals surface area contributed by atoms with Crippen LogP contribution in [0.1, 0.15) is 38.6 Å². The summed E-state index contributed by atoms with van der Waals surface area (Å²) in [5.74, 6) is 0.387. The highest BCUT2D eigenvalue weighted by Gasteiger charge is 2.37. The summed E-state index contributed by atoms with van der Waals surface area (Å²) < 4.78 is 3.72. The number of nitrogens with zero attached hydrogens (tertiary/aromatic N) is 2. The van der Waals surface area contributed by atoms with Gasteiger partial charge in [0.15, 0.2) is 0 Å². The molecule has 7 nitrogen and oxygen atoms in total. The molecular formula is C25H25BrN4O3S2. The van der Waals surface area contributed by atoms with Crippen molar-refractivity contribution >= 4 is 60.0 Å². The van der Waals surface area contributed by atoms with Crippen LogP contribution >= 0.6 is 38.6 Å². The molecule has 2 amide bonds. The van der Waals surface area contributed by atoms with Gasteiger partial charge in [-0.15, -0.1) is 22.7 Å². The molecule has 10 heteroatoms. The number of hydrogen-bond donors (Lipinski definition) is 3. The van der Waals surface area contributed by atoms with E-state index in [1.807, 2.05) is 13.8 Å². The van der Waals surface area contributed by atoms with Gasteiger partial charge < -0.3 is 20.3 Å². The second kappa shape index (κ2) is 9.75. The van der Waals surface area contributed by atoms with Gasteiger partial charge >= 0.3 is 6.09 Å². The number of amides is 2. The number of imidazole rings is 1.